The zero-order chi connectivity index (χ0) is 9.10. The standard InChI is InChI=1S/C8H5NOS3/c10-7-9-8(13-12-7)11-6-4-2-1-3-5-6/h1-5H. The van der Waals surface area contributed by atoms with Gasteiger partial charge in [-0.05, 0) is 32.8 Å². The zero-order valence-corrected chi connectivity index (χ0v) is 8.92. The molecule has 0 saturated heterocycles. The zero-order valence-electron chi connectivity index (χ0n) is 6.47. The van der Waals surface area contributed by atoms with Crippen molar-refractivity contribution in [2.24, 2.45) is 0 Å². The van der Waals surface area contributed by atoms with Crippen LogP contribution in [0.15, 0.2) is 44.4 Å². The number of benzene rings is 1. The van der Waals surface area contributed by atoms with E-state index in [1.54, 1.807) is 0 Å². The van der Waals surface area contributed by atoms with Gasteiger partial charge in [-0.2, -0.15) is 4.98 Å². The monoisotopic (exact) mass is 227 g/mol. The molecular weight excluding hydrogens is 222 g/mol. The molecule has 0 amide bonds. The summed E-state index contributed by atoms with van der Waals surface area (Å²) in [6.07, 6.45) is 0. The average Bonchev–Trinajstić information content (AvgIpc) is 2.53. The second-order valence-electron chi connectivity index (χ2n) is 2.23. The van der Waals surface area contributed by atoms with E-state index >= 15 is 0 Å². The second kappa shape index (κ2) is 4.04. The Kier molecular flexibility index (Phi) is 2.77. The van der Waals surface area contributed by atoms with Crippen molar-refractivity contribution in [2.75, 3.05) is 0 Å². The van der Waals surface area contributed by atoms with E-state index < -0.39 is 0 Å². The van der Waals surface area contributed by atoms with Crippen molar-refractivity contribution in [3.8, 4) is 0 Å². The van der Waals surface area contributed by atoms with E-state index in [4.69, 9.17) is 0 Å². The predicted molar refractivity (Wildman–Crippen MR) is 56.8 cm³/mol. The first-order valence-corrected chi connectivity index (χ1v) is 6.51. The van der Waals surface area contributed by atoms with Gasteiger partial charge in [-0.1, -0.05) is 30.0 Å². The summed E-state index contributed by atoms with van der Waals surface area (Å²) in [5, 5.41) is 0. The Hall–Kier alpha value is -0.650. The molecule has 1 aromatic carbocycles. The van der Waals surface area contributed by atoms with Gasteiger partial charge in [0.15, 0.2) is 4.34 Å². The van der Waals surface area contributed by atoms with Gasteiger partial charge < -0.3 is 0 Å². The molecule has 1 heterocycles. The molecule has 0 radical (unpaired) electrons. The average molecular weight is 227 g/mol. The van der Waals surface area contributed by atoms with E-state index in [1.807, 2.05) is 30.3 Å². The highest BCUT2D eigenvalue weighted by molar-refractivity contribution is 8.02. The van der Waals surface area contributed by atoms with Crippen molar-refractivity contribution < 1.29 is 0 Å². The van der Waals surface area contributed by atoms with Crippen LogP contribution in [0.5, 0.6) is 0 Å². The molecular formula is C8H5NOS3. The fourth-order valence-corrected chi connectivity index (χ4v) is 3.63. The Balaban J connectivity index is 2.20. The van der Waals surface area contributed by atoms with Crippen LogP contribution in [-0.4, -0.2) is 4.98 Å². The molecule has 0 aliphatic rings. The molecule has 66 valence electrons. The summed E-state index contributed by atoms with van der Waals surface area (Å²) >= 11 is 1.53. The first-order chi connectivity index (χ1) is 6.34. The molecule has 0 aliphatic heterocycles. The van der Waals surface area contributed by atoms with E-state index in [0.29, 0.717) is 0 Å². The maximum Gasteiger partial charge on any atom is 0.338 e. The number of aromatic nitrogens is 1. The molecule has 2 aromatic rings. The van der Waals surface area contributed by atoms with Crippen molar-refractivity contribution in [3.63, 3.8) is 0 Å². The normalized spacial score (nSPS) is 10.2. The third kappa shape index (κ3) is 2.40. The molecule has 0 fully saturated rings. The SMILES string of the molecule is O=c1nc(Sc2ccccc2)ss1. The van der Waals surface area contributed by atoms with Crippen LogP contribution < -0.4 is 4.87 Å². The minimum Gasteiger partial charge on any atom is -0.254 e. The maximum atomic E-state index is 10.8. The van der Waals surface area contributed by atoms with E-state index in [0.717, 1.165) is 9.24 Å². The van der Waals surface area contributed by atoms with Crippen LogP contribution >= 0.6 is 32.4 Å². The van der Waals surface area contributed by atoms with Gasteiger partial charge in [0, 0.05) is 4.90 Å². The number of hydrogen-bond donors (Lipinski definition) is 0. The van der Waals surface area contributed by atoms with Gasteiger partial charge in [0.2, 0.25) is 0 Å². The lowest BCUT2D eigenvalue weighted by atomic mass is 10.4. The van der Waals surface area contributed by atoms with Crippen molar-refractivity contribution in [1.82, 2.24) is 4.98 Å². The molecule has 5 heteroatoms. The highest BCUT2D eigenvalue weighted by atomic mass is 32.9. The van der Waals surface area contributed by atoms with Gasteiger partial charge in [0.1, 0.15) is 0 Å². The third-order valence-corrected chi connectivity index (χ3v) is 4.61. The van der Waals surface area contributed by atoms with Crippen LogP contribution in [0.25, 0.3) is 0 Å². The van der Waals surface area contributed by atoms with Crippen molar-refractivity contribution in [1.29, 1.82) is 0 Å². The van der Waals surface area contributed by atoms with Crippen LogP contribution in [0.2, 0.25) is 0 Å². The largest absolute Gasteiger partial charge is 0.338 e. The molecule has 13 heavy (non-hydrogen) atoms. The second-order valence-corrected chi connectivity index (χ2v) is 5.62. The van der Waals surface area contributed by atoms with Gasteiger partial charge in [-0.25, -0.2) is 0 Å². The van der Waals surface area contributed by atoms with Gasteiger partial charge in [-0.15, -0.1) is 0 Å². The van der Waals surface area contributed by atoms with E-state index in [1.165, 1.54) is 32.4 Å². The molecule has 0 aliphatic carbocycles. The summed E-state index contributed by atoms with van der Waals surface area (Å²) in [5.74, 6) is 0. The fraction of sp³-hybridized carbons (Fsp3) is 0. The molecule has 0 bridgehead atoms. The van der Waals surface area contributed by atoms with Crippen LogP contribution in [0.3, 0.4) is 0 Å². The van der Waals surface area contributed by atoms with Gasteiger partial charge in [0.05, 0.1) is 0 Å². The fourth-order valence-electron chi connectivity index (χ4n) is 0.812. The number of rotatable bonds is 2. The van der Waals surface area contributed by atoms with Crippen molar-refractivity contribution in [2.45, 2.75) is 9.24 Å². The minimum atomic E-state index is -0.108. The minimum absolute atomic E-state index is 0.108. The highest BCUT2D eigenvalue weighted by Crippen LogP contribution is 2.28. The number of nitrogens with zero attached hydrogens (tertiary/aromatic N) is 1. The predicted octanol–water partition coefficient (Wildman–Crippen LogP) is 2.72. The summed E-state index contributed by atoms with van der Waals surface area (Å²) in [5.41, 5.74) is 0. The Morgan fingerprint density at radius 3 is 2.54 bits per heavy atom. The smallest absolute Gasteiger partial charge is 0.254 e. The Morgan fingerprint density at radius 2 is 1.92 bits per heavy atom. The first kappa shape index (κ1) is 8.93. The summed E-state index contributed by atoms with van der Waals surface area (Å²) in [6.45, 7) is 0. The topological polar surface area (TPSA) is 30.0 Å². The lowest BCUT2D eigenvalue weighted by molar-refractivity contribution is 1.20. The van der Waals surface area contributed by atoms with Crippen molar-refractivity contribution >= 4 is 32.4 Å². The highest BCUT2D eigenvalue weighted by Gasteiger charge is 2.01. The molecule has 1 aromatic heterocycles. The third-order valence-electron chi connectivity index (χ3n) is 1.32. The lowest BCUT2D eigenvalue weighted by Gasteiger charge is -1.93. The lowest BCUT2D eigenvalue weighted by Crippen LogP contribution is -1.90. The van der Waals surface area contributed by atoms with E-state index in [2.05, 4.69) is 4.98 Å². The summed E-state index contributed by atoms with van der Waals surface area (Å²) in [4.78, 5) is 15.6. The summed E-state index contributed by atoms with van der Waals surface area (Å²) < 4.78 is 0.821. The van der Waals surface area contributed by atoms with Crippen LogP contribution in [-0.2, 0) is 0 Å². The summed E-state index contributed by atoms with van der Waals surface area (Å²) in [7, 11) is 2.60. The first-order valence-electron chi connectivity index (χ1n) is 3.55. The molecule has 0 spiro atoms. The quantitative estimate of drug-likeness (QED) is 0.739. The molecule has 0 unspecified atom stereocenters. The molecule has 2 rings (SSSR count). The van der Waals surface area contributed by atoms with Crippen molar-refractivity contribution in [3.05, 3.63) is 40.0 Å². The molecule has 0 N–H and O–H groups in total. The Labute approximate surface area is 86.7 Å². The van der Waals surface area contributed by atoms with Crippen LogP contribution in [0.4, 0.5) is 0 Å². The van der Waals surface area contributed by atoms with Crippen LogP contribution in [0, 0.1) is 0 Å². The maximum absolute atomic E-state index is 10.8. The van der Waals surface area contributed by atoms with Gasteiger partial charge in [-0.3, -0.25) is 4.79 Å². The van der Waals surface area contributed by atoms with E-state index in [9.17, 15) is 4.79 Å². The van der Waals surface area contributed by atoms with Gasteiger partial charge >= 0.3 is 4.87 Å². The molecule has 0 saturated carbocycles. The van der Waals surface area contributed by atoms with Gasteiger partial charge in [0.25, 0.3) is 0 Å². The summed E-state index contributed by atoms with van der Waals surface area (Å²) in [6, 6.07) is 9.91. The molecule has 2 nitrogen and oxygen atoms in total. The van der Waals surface area contributed by atoms with E-state index in [-0.39, 0.29) is 4.87 Å². The Morgan fingerprint density at radius 1 is 1.15 bits per heavy atom. The Bertz CT molecular complexity index is 434. The number of hydrogen-bond acceptors (Lipinski definition) is 5. The van der Waals surface area contributed by atoms with Crippen LogP contribution in [0.1, 0.15) is 0 Å². The molecule has 0 atom stereocenters.